The van der Waals surface area contributed by atoms with Crippen molar-refractivity contribution in [3.05, 3.63) is 55.2 Å². The van der Waals surface area contributed by atoms with Crippen LogP contribution in [0.2, 0.25) is 0 Å². The molecule has 2 aromatic rings. The Morgan fingerprint density at radius 3 is 2.33 bits per heavy atom. The third kappa shape index (κ3) is 2.67. The lowest BCUT2D eigenvalue weighted by molar-refractivity contribution is 0.635. The van der Waals surface area contributed by atoms with E-state index in [1.54, 1.807) is 11.3 Å². The molecule has 0 saturated carbocycles. The van der Waals surface area contributed by atoms with Crippen molar-refractivity contribution in [3.8, 4) is 0 Å². The Bertz CT molecular complexity index is 563. The van der Waals surface area contributed by atoms with Crippen LogP contribution in [-0.2, 0) is 0 Å². The summed E-state index contributed by atoms with van der Waals surface area (Å²) < 4.78 is 1.12. The second-order valence-electron chi connectivity index (χ2n) is 4.58. The minimum absolute atomic E-state index is 0.0480. The van der Waals surface area contributed by atoms with Crippen LogP contribution < -0.4 is 11.3 Å². The maximum Gasteiger partial charge on any atom is 0.0721 e. The number of benzene rings is 1. The van der Waals surface area contributed by atoms with Crippen molar-refractivity contribution in [3.63, 3.8) is 0 Å². The van der Waals surface area contributed by atoms with E-state index in [0.717, 1.165) is 3.79 Å². The lowest BCUT2D eigenvalue weighted by atomic mass is 9.93. The third-order valence-electron chi connectivity index (χ3n) is 3.28. The Labute approximate surface area is 120 Å². The van der Waals surface area contributed by atoms with Crippen LogP contribution in [0.5, 0.6) is 0 Å². The molecule has 1 aromatic heterocycles. The number of thiophene rings is 1. The number of aryl methyl sites for hydroxylation is 3. The molecule has 0 aliphatic heterocycles. The molecule has 0 saturated heterocycles. The SMILES string of the molecule is Cc1cc(C)c(C(NN)c2csc(Br)c2)cc1C. The summed E-state index contributed by atoms with van der Waals surface area (Å²) >= 11 is 5.17. The number of hydrogen-bond donors (Lipinski definition) is 2. The Morgan fingerprint density at radius 2 is 1.78 bits per heavy atom. The maximum absolute atomic E-state index is 5.74. The van der Waals surface area contributed by atoms with E-state index in [4.69, 9.17) is 5.84 Å². The second kappa shape index (κ2) is 5.53. The molecule has 2 nitrogen and oxygen atoms in total. The van der Waals surface area contributed by atoms with Crippen molar-refractivity contribution in [1.82, 2.24) is 5.43 Å². The van der Waals surface area contributed by atoms with Gasteiger partial charge in [0.05, 0.1) is 9.83 Å². The molecule has 1 unspecified atom stereocenters. The Balaban J connectivity index is 2.48. The van der Waals surface area contributed by atoms with Gasteiger partial charge in [-0.15, -0.1) is 11.3 Å². The van der Waals surface area contributed by atoms with Gasteiger partial charge in [0.2, 0.25) is 0 Å². The van der Waals surface area contributed by atoms with Crippen molar-refractivity contribution in [2.24, 2.45) is 5.84 Å². The van der Waals surface area contributed by atoms with Crippen LogP contribution in [0.15, 0.2) is 27.4 Å². The number of hydrogen-bond acceptors (Lipinski definition) is 3. The highest BCUT2D eigenvalue weighted by Crippen LogP contribution is 2.31. The highest BCUT2D eigenvalue weighted by Gasteiger charge is 2.16. The molecule has 3 N–H and O–H groups in total. The maximum atomic E-state index is 5.74. The molecule has 0 bridgehead atoms. The van der Waals surface area contributed by atoms with Gasteiger partial charge in [-0.25, -0.2) is 5.43 Å². The fourth-order valence-corrected chi connectivity index (χ4v) is 3.34. The van der Waals surface area contributed by atoms with Crippen LogP contribution in [0.4, 0.5) is 0 Å². The summed E-state index contributed by atoms with van der Waals surface area (Å²) in [7, 11) is 0. The van der Waals surface area contributed by atoms with E-state index >= 15 is 0 Å². The second-order valence-corrected chi connectivity index (χ2v) is 6.87. The summed E-state index contributed by atoms with van der Waals surface area (Å²) in [5.74, 6) is 5.74. The van der Waals surface area contributed by atoms with Gasteiger partial charge in [-0.05, 0) is 76.0 Å². The Hall–Kier alpha value is -0.680. The zero-order chi connectivity index (χ0) is 13.3. The molecule has 0 fully saturated rings. The van der Waals surface area contributed by atoms with E-state index in [1.165, 1.54) is 27.8 Å². The normalized spacial score (nSPS) is 12.7. The van der Waals surface area contributed by atoms with Gasteiger partial charge in [0.25, 0.3) is 0 Å². The average Bonchev–Trinajstić information content (AvgIpc) is 2.73. The molecule has 0 amide bonds. The highest BCUT2D eigenvalue weighted by atomic mass is 79.9. The Kier molecular flexibility index (Phi) is 4.22. The molecule has 1 atom stereocenters. The van der Waals surface area contributed by atoms with Crippen LogP contribution in [0.25, 0.3) is 0 Å². The molecular formula is C14H17BrN2S. The van der Waals surface area contributed by atoms with Crippen LogP contribution >= 0.6 is 27.3 Å². The van der Waals surface area contributed by atoms with Gasteiger partial charge in [-0.2, -0.15) is 0 Å². The van der Waals surface area contributed by atoms with Gasteiger partial charge in [0.1, 0.15) is 0 Å². The van der Waals surface area contributed by atoms with E-state index in [9.17, 15) is 0 Å². The minimum Gasteiger partial charge on any atom is -0.271 e. The van der Waals surface area contributed by atoms with Gasteiger partial charge >= 0.3 is 0 Å². The molecule has 0 aliphatic carbocycles. The molecule has 18 heavy (non-hydrogen) atoms. The predicted molar refractivity (Wildman–Crippen MR) is 81.8 cm³/mol. The monoisotopic (exact) mass is 324 g/mol. The molecule has 4 heteroatoms. The number of nitrogens with two attached hydrogens (primary N) is 1. The number of halogens is 1. The van der Waals surface area contributed by atoms with Gasteiger partial charge < -0.3 is 0 Å². The number of nitrogens with one attached hydrogen (secondary N) is 1. The van der Waals surface area contributed by atoms with E-state index in [2.05, 4.69) is 65.7 Å². The quantitative estimate of drug-likeness (QED) is 0.661. The van der Waals surface area contributed by atoms with Crippen molar-refractivity contribution in [1.29, 1.82) is 0 Å². The first kappa shape index (κ1) is 13.7. The van der Waals surface area contributed by atoms with Crippen LogP contribution in [0.3, 0.4) is 0 Å². The van der Waals surface area contributed by atoms with E-state index in [-0.39, 0.29) is 6.04 Å². The van der Waals surface area contributed by atoms with Crippen molar-refractivity contribution in [2.75, 3.05) is 0 Å². The fraction of sp³-hybridized carbons (Fsp3) is 0.286. The molecule has 1 aromatic carbocycles. The van der Waals surface area contributed by atoms with Crippen LogP contribution in [0.1, 0.15) is 33.9 Å². The minimum atomic E-state index is 0.0480. The van der Waals surface area contributed by atoms with E-state index in [1.807, 2.05) is 0 Å². The van der Waals surface area contributed by atoms with E-state index in [0.29, 0.717) is 0 Å². The summed E-state index contributed by atoms with van der Waals surface area (Å²) in [6.45, 7) is 6.40. The molecule has 0 spiro atoms. The van der Waals surface area contributed by atoms with Crippen molar-refractivity contribution < 1.29 is 0 Å². The van der Waals surface area contributed by atoms with E-state index < -0.39 is 0 Å². The molecule has 96 valence electrons. The Morgan fingerprint density at radius 1 is 1.11 bits per heavy atom. The smallest absolute Gasteiger partial charge is 0.0721 e. The van der Waals surface area contributed by atoms with Crippen LogP contribution in [-0.4, -0.2) is 0 Å². The first-order valence-electron chi connectivity index (χ1n) is 5.80. The largest absolute Gasteiger partial charge is 0.271 e. The van der Waals surface area contributed by atoms with Crippen molar-refractivity contribution in [2.45, 2.75) is 26.8 Å². The van der Waals surface area contributed by atoms with Gasteiger partial charge in [-0.3, -0.25) is 5.84 Å². The predicted octanol–water partition coefficient (Wildman–Crippen LogP) is 3.99. The zero-order valence-electron chi connectivity index (χ0n) is 10.8. The first-order chi connectivity index (χ1) is 8.52. The lowest BCUT2D eigenvalue weighted by Gasteiger charge is -2.19. The lowest BCUT2D eigenvalue weighted by Crippen LogP contribution is -2.29. The molecular weight excluding hydrogens is 308 g/mol. The summed E-state index contributed by atoms with van der Waals surface area (Å²) in [4.78, 5) is 0. The van der Waals surface area contributed by atoms with Gasteiger partial charge in [0.15, 0.2) is 0 Å². The number of rotatable bonds is 3. The summed E-state index contributed by atoms with van der Waals surface area (Å²) in [6.07, 6.45) is 0. The molecule has 1 heterocycles. The van der Waals surface area contributed by atoms with Gasteiger partial charge in [0, 0.05) is 0 Å². The summed E-state index contributed by atoms with van der Waals surface area (Å²) in [5.41, 5.74) is 9.24. The number of hydrazine groups is 1. The topological polar surface area (TPSA) is 38.0 Å². The summed E-state index contributed by atoms with van der Waals surface area (Å²) in [6, 6.07) is 6.60. The highest BCUT2D eigenvalue weighted by molar-refractivity contribution is 9.11. The van der Waals surface area contributed by atoms with Crippen molar-refractivity contribution >= 4 is 27.3 Å². The summed E-state index contributed by atoms with van der Waals surface area (Å²) in [5, 5.41) is 2.13. The fourth-order valence-electron chi connectivity index (χ4n) is 2.13. The first-order valence-corrected chi connectivity index (χ1v) is 7.48. The third-order valence-corrected chi connectivity index (χ3v) is 4.80. The molecule has 0 radical (unpaired) electrons. The molecule has 0 aliphatic rings. The molecule has 2 rings (SSSR count). The average molecular weight is 325 g/mol. The van der Waals surface area contributed by atoms with Gasteiger partial charge in [-0.1, -0.05) is 12.1 Å². The standard InChI is InChI=1S/C14H17BrN2S/c1-8-4-10(3)12(5-9(8)2)14(17-16)11-6-13(15)18-7-11/h4-7,14,17H,16H2,1-3H3. The van der Waals surface area contributed by atoms with Crippen LogP contribution in [0, 0.1) is 20.8 Å². The zero-order valence-corrected chi connectivity index (χ0v) is 13.2.